The van der Waals surface area contributed by atoms with E-state index < -0.39 is 0 Å². The summed E-state index contributed by atoms with van der Waals surface area (Å²) in [6, 6.07) is 4.48. The average molecular weight is 185 g/mol. The molecule has 0 nitrogen and oxygen atoms in total. The van der Waals surface area contributed by atoms with Crippen molar-refractivity contribution < 1.29 is 0 Å². The Bertz CT molecular complexity index is 422. The van der Waals surface area contributed by atoms with Gasteiger partial charge in [0.25, 0.3) is 0 Å². The highest BCUT2D eigenvalue weighted by Gasteiger charge is 2.24. The zero-order valence-corrected chi connectivity index (χ0v) is 9.65. The summed E-state index contributed by atoms with van der Waals surface area (Å²) >= 11 is 0. The lowest BCUT2D eigenvalue weighted by molar-refractivity contribution is 1.18. The molecule has 0 saturated carbocycles. The van der Waals surface area contributed by atoms with Crippen LogP contribution in [0.4, 0.5) is 0 Å². The van der Waals surface area contributed by atoms with E-state index in [1.54, 1.807) is 0 Å². The third-order valence-corrected chi connectivity index (χ3v) is 3.64. The maximum atomic E-state index is 2.26. The smallest absolute Gasteiger partial charge is 0.0274 e. The van der Waals surface area contributed by atoms with Gasteiger partial charge in [-0.25, -0.2) is 0 Å². The predicted molar refractivity (Wildman–Crippen MR) is 62.2 cm³/mol. The minimum Gasteiger partial charge on any atom is -0.0587 e. The minimum absolute atomic E-state index is 1.39. The van der Waals surface area contributed by atoms with Gasteiger partial charge in [-0.05, 0) is 55.5 Å². The van der Waals surface area contributed by atoms with Crippen molar-refractivity contribution in [3.05, 3.63) is 45.9 Å². The topological polar surface area (TPSA) is 0 Å². The normalized spacial score (nSPS) is 16.4. The largest absolute Gasteiger partial charge is 0.0587 e. The van der Waals surface area contributed by atoms with Gasteiger partial charge in [0.15, 0.2) is 0 Å². The van der Waals surface area contributed by atoms with Gasteiger partial charge in [-0.3, -0.25) is 0 Å². The van der Waals surface area contributed by atoms with E-state index >= 15 is 0 Å². The fraction of sp³-hybridized carbons (Fsp3) is 0.357. The van der Waals surface area contributed by atoms with Gasteiger partial charge in [0.1, 0.15) is 0 Å². The van der Waals surface area contributed by atoms with Crippen LogP contribution in [-0.4, -0.2) is 0 Å². The first kappa shape index (κ1) is 9.51. The number of allylic oxidation sites excluding steroid dienone is 2. The lowest BCUT2D eigenvalue weighted by Crippen LogP contribution is -1.94. The van der Waals surface area contributed by atoms with E-state index in [-0.39, 0.29) is 0 Å². The molecule has 73 valence electrons. The molecule has 1 radical (unpaired) electrons. The third kappa shape index (κ3) is 1.06. The third-order valence-electron chi connectivity index (χ3n) is 3.64. The Morgan fingerprint density at radius 2 is 1.43 bits per heavy atom. The van der Waals surface area contributed by atoms with Crippen LogP contribution < -0.4 is 0 Å². The Hall–Kier alpha value is -1.04. The molecule has 1 aliphatic rings. The fourth-order valence-electron chi connectivity index (χ4n) is 2.28. The molecule has 1 aromatic rings. The molecule has 0 aromatic heterocycles. The molecule has 2 rings (SSSR count). The van der Waals surface area contributed by atoms with E-state index in [0.29, 0.717) is 0 Å². The Balaban J connectivity index is 2.75. The molecule has 1 aliphatic carbocycles. The van der Waals surface area contributed by atoms with Crippen LogP contribution in [0.1, 0.15) is 43.0 Å². The van der Waals surface area contributed by atoms with Crippen LogP contribution in [0.2, 0.25) is 0 Å². The molecular formula is C14H17. The lowest BCUT2D eigenvalue weighted by atomic mass is 9.94. The molecule has 0 bridgehead atoms. The molecule has 0 fully saturated rings. The van der Waals surface area contributed by atoms with E-state index in [2.05, 4.69) is 46.8 Å². The summed E-state index contributed by atoms with van der Waals surface area (Å²) in [5.74, 6) is 1.44. The highest BCUT2D eigenvalue weighted by molar-refractivity contribution is 5.83. The first-order valence-electron chi connectivity index (χ1n) is 5.16. The molecule has 0 aliphatic heterocycles. The molecular weight excluding hydrogens is 168 g/mol. The Morgan fingerprint density at radius 1 is 0.786 bits per heavy atom. The molecule has 0 N–H and O–H groups in total. The van der Waals surface area contributed by atoms with Crippen LogP contribution in [-0.2, 0) is 0 Å². The van der Waals surface area contributed by atoms with Crippen molar-refractivity contribution in [2.45, 2.75) is 34.6 Å². The van der Waals surface area contributed by atoms with Crippen molar-refractivity contribution in [1.29, 1.82) is 0 Å². The molecule has 1 aromatic carbocycles. The van der Waals surface area contributed by atoms with Gasteiger partial charge >= 0.3 is 0 Å². The summed E-state index contributed by atoms with van der Waals surface area (Å²) in [5, 5.41) is 0. The number of fused-ring (bicyclic) bond motifs is 1. The molecule has 0 spiro atoms. The molecule has 0 heterocycles. The van der Waals surface area contributed by atoms with Gasteiger partial charge in [-0.15, -0.1) is 0 Å². The molecule has 0 amide bonds. The second-order valence-corrected chi connectivity index (χ2v) is 4.31. The molecule has 0 heteroatoms. The highest BCUT2D eigenvalue weighted by Crippen LogP contribution is 2.42. The van der Waals surface area contributed by atoms with Gasteiger partial charge in [0, 0.05) is 5.92 Å². The Kier molecular flexibility index (Phi) is 2.02. The van der Waals surface area contributed by atoms with Crippen LogP contribution in [0, 0.1) is 19.8 Å². The van der Waals surface area contributed by atoms with Crippen LogP contribution in [0.3, 0.4) is 0 Å². The first-order chi connectivity index (χ1) is 6.54. The van der Waals surface area contributed by atoms with E-state index in [0.717, 1.165) is 0 Å². The van der Waals surface area contributed by atoms with Crippen LogP contribution in [0.25, 0.3) is 5.57 Å². The zero-order valence-electron chi connectivity index (χ0n) is 9.65. The monoisotopic (exact) mass is 185 g/mol. The summed E-state index contributed by atoms with van der Waals surface area (Å²) in [4.78, 5) is 0. The molecule has 0 unspecified atom stereocenters. The van der Waals surface area contributed by atoms with Gasteiger partial charge in [0.2, 0.25) is 0 Å². The maximum Gasteiger partial charge on any atom is 0.0274 e. The van der Waals surface area contributed by atoms with E-state index in [1.807, 2.05) is 0 Å². The van der Waals surface area contributed by atoms with Gasteiger partial charge in [-0.2, -0.15) is 0 Å². The second-order valence-electron chi connectivity index (χ2n) is 4.31. The molecule has 0 saturated heterocycles. The number of hydrogen-bond acceptors (Lipinski definition) is 0. The van der Waals surface area contributed by atoms with E-state index in [1.165, 1.54) is 39.3 Å². The van der Waals surface area contributed by atoms with Crippen molar-refractivity contribution in [1.82, 2.24) is 0 Å². The minimum atomic E-state index is 1.39. The van der Waals surface area contributed by atoms with Gasteiger partial charge < -0.3 is 0 Å². The fourth-order valence-corrected chi connectivity index (χ4v) is 2.28. The Labute approximate surface area is 86.7 Å². The second kappa shape index (κ2) is 2.98. The maximum absolute atomic E-state index is 2.26. The Morgan fingerprint density at radius 3 is 2.07 bits per heavy atom. The summed E-state index contributed by atoms with van der Waals surface area (Å²) in [6.07, 6.45) is 0. The quantitative estimate of drug-likeness (QED) is 0.572. The summed E-state index contributed by atoms with van der Waals surface area (Å²) < 4.78 is 0. The van der Waals surface area contributed by atoms with Crippen molar-refractivity contribution >= 4 is 5.57 Å². The average Bonchev–Trinajstić information content (AvgIpc) is 2.38. The van der Waals surface area contributed by atoms with Gasteiger partial charge in [0.05, 0.1) is 0 Å². The van der Waals surface area contributed by atoms with Crippen molar-refractivity contribution in [3.63, 3.8) is 0 Å². The van der Waals surface area contributed by atoms with E-state index in [4.69, 9.17) is 0 Å². The summed E-state index contributed by atoms with van der Waals surface area (Å²) in [7, 11) is 0. The molecule has 14 heavy (non-hydrogen) atoms. The van der Waals surface area contributed by atoms with Gasteiger partial charge in [-0.1, -0.05) is 24.6 Å². The number of benzene rings is 1. The first-order valence-corrected chi connectivity index (χ1v) is 5.16. The van der Waals surface area contributed by atoms with Crippen molar-refractivity contribution in [3.8, 4) is 0 Å². The van der Waals surface area contributed by atoms with Crippen molar-refractivity contribution in [2.24, 2.45) is 0 Å². The standard InChI is InChI=1S/C14H17/c1-8-6-7-13-11(4)10(3)12(5)14(13)9(8)2/h6-7H,1-5H3. The van der Waals surface area contributed by atoms with E-state index in [9.17, 15) is 0 Å². The highest BCUT2D eigenvalue weighted by atomic mass is 14.3. The summed E-state index contributed by atoms with van der Waals surface area (Å²) in [5.41, 5.74) is 8.65. The van der Waals surface area contributed by atoms with Crippen molar-refractivity contribution in [2.75, 3.05) is 0 Å². The molecule has 0 atom stereocenters. The van der Waals surface area contributed by atoms with Crippen LogP contribution in [0.15, 0.2) is 17.7 Å². The lowest BCUT2D eigenvalue weighted by Gasteiger charge is -2.10. The SMILES string of the molecule is C[C]1C(C)=C(C)c2c1ccc(C)c2C. The predicted octanol–water partition coefficient (Wildman–Crippen LogP) is 4.05. The number of aryl methyl sites for hydroxylation is 1. The number of hydrogen-bond donors (Lipinski definition) is 0. The zero-order chi connectivity index (χ0) is 10.5. The summed E-state index contributed by atoms with van der Waals surface area (Å²) in [6.45, 7) is 11.1. The van der Waals surface area contributed by atoms with Crippen LogP contribution >= 0.6 is 0 Å². The number of rotatable bonds is 0. The van der Waals surface area contributed by atoms with Crippen LogP contribution in [0.5, 0.6) is 0 Å².